The number of ether oxygens (including phenoxy) is 1. The Bertz CT molecular complexity index is 1190. The van der Waals surface area contributed by atoms with E-state index >= 15 is 0 Å². The van der Waals surface area contributed by atoms with Crippen LogP contribution < -0.4 is 15.0 Å². The van der Waals surface area contributed by atoms with Gasteiger partial charge in [-0.1, -0.05) is 62.7 Å². The zero-order valence-electron chi connectivity index (χ0n) is 22.6. The van der Waals surface area contributed by atoms with E-state index < -0.39 is 5.60 Å². The van der Waals surface area contributed by atoms with E-state index in [1.165, 1.54) is 11.1 Å². The largest absolute Gasteiger partial charge is 0.478 e. The Morgan fingerprint density at radius 2 is 1.49 bits per heavy atom. The first-order valence-corrected chi connectivity index (χ1v) is 13.3. The summed E-state index contributed by atoms with van der Waals surface area (Å²) in [5.41, 5.74) is 3.37. The van der Waals surface area contributed by atoms with Crippen LogP contribution >= 0.6 is 11.6 Å². The number of nitrogens with one attached hydrogen (secondary N) is 1. The molecule has 0 atom stereocenters. The molecule has 1 aliphatic heterocycles. The van der Waals surface area contributed by atoms with Crippen molar-refractivity contribution in [2.45, 2.75) is 52.2 Å². The van der Waals surface area contributed by atoms with Gasteiger partial charge in [0, 0.05) is 49.1 Å². The Morgan fingerprint density at radius 3 is 2.08 bits per heavy atom. The maximum atomic E-state index is 13.0. The molecule has 1 fully saturated rings. The highest BCUT2D eigenvalue weighted by molar-refractivity contribution is 6.31. The van der Waals surface area contributed by atoms with Crippen molar-refractivity contribution in [3.8, 4) is 5.75 Å². The fraction of sp³-hybridized carbons (Fsp3) is 0.387. The van der Waals surface area contributed by atoms with Gasteiger partial charge in [0.2, 0.25) is 0 Å². The van der Waals surface area contributed by atoms with Gasteiger partial charge in [0.25, 0.3) is 5.91 Å². The van der Waals surface area contributed by atoms with E-state index in [4.69, 9.17) is 16.3 Å². The first-order valence-electron chi connectivity index (χ1n) is 12.9. The first-order chi connectivity index (χ1) is 17.5. The average molecular weight is 520 g/mol. The molecule has 5 nitrogen and oxygen atoms in total. The van der Waals surface area contributed by atoms with E-state index in [1.807, 2.05) is 42.5 Å². The lowest BCUT2D eigenvalue weighted by Crippen LogP contribution is -2.46. The third-order valence-electron chi connectivity index (χ3n) is 6.85. The topological polar surface area (TPSA) is 44.8 Å². The molecule has 196 valence electrons. The molecule has 0 radical (unpaired) electrons. The van der Waals surface area contributed by atoms with Gasteiger partial charge in [0.15, 0.2) is 5.60 Å². The number of hydrogen-bond acceptors (Lipinski definition) is 4. The number of halogens is 1. The van der Waals surface area contributed by atoms with Gasteiger partial charge in [-0.05, 0) is 72.9 Å². The molecular formula is C31H38ClN3O2. The minimum atomic E-state index is -1.01. The van der Waals surface area contributed by atoms with Crippen molar-refractivity contribution in [2.24, 2.45) is 0 Å². The summed E-state index contributed by atoms with van der Waals surface area (Å²) < 4.78 is 6.05. The summed E-state index contributed by atoms with van der Waals surface area (Å²) in [4.78, 5) is 17.8. The van der Waals surface area contributed by atoms with E-state index in [1.54, 1.807) is 13.8 Å². The Kier molecular flexibility index (Phi) is 8.15. The maximum Gasteiger partial charge on any atom is 0.267 e. The van der Waals surface area contributed by atoms with Crippen LogP contribution in [0.15, 0.2) is 72.8 Å². The molecule has 1 saturated heterocycles. The highest BCUT2D eigenvalue weighted by Crippen LogP contribution is 2.27. The number of rotatable bonds is 7. The number of nitrogens with zero attached hydrogens (tertiary/aromatic N) is 2. The Morgan fingerprint density at radius 1 is 0.865 bits per heavy atom. The highest BCUT2D eigenvalue weighted by atomic mass is 35.5. The molecule has 4 rings (SSSR count). The molecule has 0 aromatic heterocycles. The van der Waals surface area contributed by atoms with Crippen LogP contribution in [-0.2, 0) is 16.8 Å². The minimum Gasteiger partial charge on any atom is -0.478 e. The van der Waals surface area contributed by atoms with Crippen molar-refractivity contribution in [2.75, 3.05) is 36.4 Å². The lowest BCUT2D eigenvalue weighted by atomic mass is 9.87. The molecule has 0 saturated carbocycles. The summed E-state index contributed by atoms with van der Waals surface area (Å²) in [6, 6.07) is 24.1. The smallest absolute Gasteiger partial charge is 0.267 e. The third kappa shape index (κ3) is 7.06. The quantitative estimate of drug-likeness (QED) is 0.374. The Hall–Kier alpha value is -3.02. The van der Waals surface area contributed by atoms with Crippen molar-refractivity contribution in [1.29, 1.82) is 0 Å². The van der Waals surface area contributed by atoms with Crippen molar-refractivity contribution in [1.82, 2.24) is 4.90 Å². The van der Waals surface area contributed by atoms with Crippen LogP contribution in [0, 0.1) is 0 Å². The maximum absolute atomic E-state index is 13.0. The van der Waals surface area contributed by atoms with Crippen molar-refractivity contribution in [3.63, 3.8) is 0 Å². The van der Waals surface area contributed by atoms with Crippen molar-refractivity contribution >= 4 is 28.9 Å². The lowest BCUT2D eigenvalue weighted by molar-refractivity contribution is -0.128. The molecule has 3 aromatic rings. The van der Waals surface area contributed by atoms with Gasteiger partial charge >= 0.3 is 0 Å². The summed E-state index contributed by atoms with van der Waals surface area (Å²) in [7, 11) is 0. The van der Waals surface area contributed by atoms with Crippen LogP contribution in [0.1, 0.15) is 45.7 Å². The second-order valence-corrected chi connectivity index (χ2v) is 11.6. The molecule has 0 spiro atoms. The van der Waals surface area contributed by atoms with Crippen LogP contribution in [0.4, 0.5) is 11.4 Å². The number of anilines is 2. The highest BCUT2D eigenvalue weighted by Gasteiger charge is 2.30. The number of amides is 1. The average Bonchev–Trinajstić information content (AvgIpc) is 2.86. The molecule has 1 N–H and O–H groups in total. The summed E-state index contributed by atoms with van der Waals surface area (Å²) in [6.07, 6.45) is 0. The zero-order valence-corrected chi connectivity index (χ0v) is 23.3. The van der Waals surface area contributed by atoms with Gasteiger partial charge in [-0.2, -0.15) is 0 Å². The van der Waals surface area contributed by atoms with E-state index in [0.717, 1.165) is 49.1 Å². The fourth-order valence-electron chi connectivity index (χ4n) is 4.43. The predicted molar refractivity (Wildman–Crippen MR) is 154 cm³/mol. The molecular weight excluding hydrogens is 482 g/mol. The van der Waals surface area contributed by atoms with Gasteiger partial charge in [-0.15, -0.1) is 0 Å². The van der Waals surface area contributed by atoms with Crippen LogP contribution in [0.2, 0.25) is 5.02 Å². The van der Waals surface area contributed by atoms with Crippen molar-refractivity contribution in [3.05, 3.63) is 88.9 Å². The van der Waals surface area contributed by atoms with Crippen LogP contribution in [0.3, 0.4) is 0 Å². The van der Waals surface area contributed by atoms with Crippen LogP contribution in [0.5, 0.6) is 5.75 Å². The molecule has 1 aliphatic rings. The second kappa shape index (κ2) is 11.2. The molecule has 3 aromatic carbocycles. The standard InChI is InChI=1S/C31H38ClN3O2/c1-30(2,3)24-10-16-27(17-11-24)37-31(4,5)29(36)33-25-12-14-26(15-13-25)35-20-18-34(19-21-35)22-23-8-6-7-9-28(23)32/h6-17H,18-22H2,1-5H3,(H,33,36). The summed E-state index contributed by atoms with van der Waals surface area (Å²) in [5.74, 6) is 0.491. The van der Waals surface area contributed by atoms with Gasteiger partial charge in [0.1, 0.15) is 5.75 Å². The monoisotopic (exact) mass is 519 g/mol. The van der Waals surface area contributed by atoms with Gasteiger partial charge in [-0.3, -0.25) is 9.69 Å². The van der Waals surface area contributed by atoms with Crippen LogP contribution in [-0.4, -0.2) is 42.6 Å². The second-order valence-electron chi connectivity index (χ2n) is 11.2. The molecule has 1 heterocycles. The number of piperazine rings is 1. The predicted octanol–water partition coefficient (Wildman–Crippen LogP) is 6.76. The van der Waals surface area contributed by atoms with Crippen molar-refractivity contribution < 1.29 is 9.53 Å². The molecule has 0 aliphatic carbocycles. The summed E-state index contributed by atoms with van der Waals surface area (Å²) in [5, 5.41) is 3.83. The Balaban J connectivity index is 1.29. The third-order valence-corrected chi connectivity index (χ3v) is 7.22. The number of carbonyl (C=O) groups excluding carboxylic acids is 1. The van der Waals surface area contributed by atoms with E-state index in [9.17, 15) is 4.79 Å². The normalized spacial score (nSPS) is 14.9. The fourth-order valence-corrected chi connectivity index (χ4v) is 4.63. The number of carbonyl (C=O) groups is 1. The van der Waals surface area contributed by atoms with E-state index in [-0.39, 0.29) is 11.3 Å². The minimum absolute atomic E-state index is 0.0711. The van der Waals surface area contributed by atoms with E-state index in [0.29, 0.717) is 5.75 Å². The molecule has 1 amide bonds. The molecule has 37 heavy (non-hydrogen) atoms. The lowest BCUT2D eigenvalue weighted by Gasteiger charge is -2.36. The van der Waals surface area contributed by atoms with E-state index in [2.05, 4.69) is 66.2 Å². The van der Waals surface area contributed by atoms with Gasteiger partial charge in [-0.25, -0.2) is 0 Å². The summed E-state index contributed by atoms with van der Waals surface area (Å²) in [6.45, 7) is 14.8. The molecule has 0 bridgehead atoms. The van der Waals surface area contributed by atoms with Crippen LogP contribution in [0.25, 0.3) is 0 Å². The first kappa shape index (κ1) is 27.0. The zero-order chi connectivity index (χ0) is 26.6. The number of benzene rings is 3. The Labute approximate surface area is 226 Å². The van der Waals surface area contributed by atoms with Gasteiger partial charge < -0.3 is 15.0 Å². The number of hydrogen-bond donors (Lipinski definition) is 1. The molecule has 6 heteroatoms. The van der Waals surface area contributed by atoms with Gasteiger partial charge in [0.05, 0.1) is 0 Å². The summed E-state index contributed by atoms with van der Waals surface area (Å²) >= 11 is 6.33. The SMILES string of the molecule is CC(C)(Oc1ccc(C(C)(C)C)cc1)C(=O)Nc1ccc(N2CCN(Cc3ccccc3Cl)CC2)cc1. The molecule has 0 unspecified atom stereocenters.